The molecular weight excluding hydrogens is 614 g/mol. The normalized spacial score (nSPS) is 12.2. The van der Waals surface area contributed by atoms with Gasteiger partial charge in [-0.05, 0) is 50.5 Å². The predicted molar refractivity (Wildman–Crippen MR) is 191 cm³/mol. The van der Waals surface area contributed by atoms with Gasteiger partial charge in [0, 0.05) is 45.4 Å². The van der Waals surface area contributed by atoms with Gasteiger partial charge in [-0.3, -0.25) is 14.4 Å². The van der Waals surface area contributed by atoms with Gasteiger partial charge in [0.2, 0.25) is 11.8 Å². The maximum atomic E-state index is 12.3. The molecule has 0 heterocycles. The van der Waals surface area contributed by atoms with Crippen LogP contribution in [0.15, 0.2) is 0 Å². The Bertz CT molecular complexity index is 819. The average molecular weight is 686 g/mol. The second kappa shape index (κ2) is 32.1. The Hall–Kier alpha value is -2.08. The van der Waals surface area contributed by atoms with Gasteiger partial charge in [-0.25, -0.2) is 4.79 Å². The van der Waals surface area contributed by atoms with Crippen LogP contribution < -0.4 is 16.4 Å². The number of carboxylic acids is 1. The van der Waals surface area contributed by atoms with Gasteiger partial charge in [-0.2, -0.15) is 0 Å². The van der Waals surface area contributed by atoms with Gasteiger partial charge < -0.3 is 35.7 Å². The van der Waals surface area contributed by atoms with E-state index in [1.807, 2.05) is 0 Å². The SMILES string of the molecule is CC(C)(C)CCC(=O)CCCCCCCCCCCCCCC(=O)N[C@@H](CCC(=O)NCCCOCCOCCOCCCN)C(=O)O. The van der Waals surface area contributed by atoms with E-state index in [1.54, 1.807) is 0 Å². The highest BCUT2D eigenvalue weighted by atomic mass is 16.5. The number of hydrogen-bond donors (Lipinski definition) is 4. The standard InChI is InChI=1S/C37H71N3O8/c1-37(2,3)23-22-32(41)18-14-12-10-8-6-4-5-7-9-11-13-15-19-35(43)40-33(36(44)45)20-21-34(42)39-25-17-27-47-29-31-48-30-28-46-26-16-24-38/h33H,4-31,38H2,1-3H3,(H,39,42)(H,40,43)(H,44,45)/t33-/m0/s1. The molecule has 0 rings (SSSR count). The maximum Gasteiger partial charge on any atom is 0.326 e. The first-order valence-electron chi connectivity index (χ1n) is 18.8. The molecule has 5 N–H and O–H groups in total. The molecule has 0 aromatic rings. The van der Waals surface area contributed by atoms with Crippen LogP contribution in [0.3, 0.4) is 0 Å². The molecule has 0 saturated heterocycles. The van der Waals surface area contributed by atoms with Crippen LogP contribution in [0.2, 0.25) is 0 Å². The summed E-state index contributed by atoms with van der Waals surface area (Å²) in [6, 6.07) is -1.07. The molecule has 0 aliphatic carbocycles. The summed E-state index contributed by atoms with van der Waals surface area (Å²) < 4.78 is 16.2. The number of Topliss-reactive ketones (excluding diaryl/α,β-unsaturated/α-hetero) is 1. The highest BCUT2D eigenvalue weighted by Gasteiger charge is 2.20. The molecule has 0 radical (unpaired) electrons. The predicted octanol–water partition coefficient (Wildman–Crippen LogP) is 6.10. The van der Waals surface area contributed by atoms with Crippen molar-refractivity contribution in [3.63, 3.8) is 0 Å². The van der Waals surface area contributed by atoms with Crippen molar-refractivity contribution in [3.05, 3.63) is 0 Å². The number of rotatable bonds is 35. The molecule has 0 aromatic heterocycles. The van der Waals surface area contributed by atoms with Crippen molar-refractivity contribution in [2.24, 2.45) is 11.1 Å². The Morgan fingerprint density at radius 1 is 0.604 bits per heavy atom. The lowest BCUT2D eigenvalue weighted by atomic mass is 9.89. The van der Waals surface area contributed by atoms with Crippen LogP contribution in [0.1, 0.15) is 149 Å². The van der Waals surface area contributed by atoms with Crippen LogP contribution >= 0.6 is 0 Å². The largest absolute Gasteiger partial charge is 0.480 e. The minimum atomic E-state index is -1.13. The van der Waals surface area contributed by atoms with Crippen LogP contribution in [-0.4, -0.2) is 87.4 Å². The Morgan fingerprint density at radius 3 is 1.58 bits per heavy atom. The third-order valence-electron chi connectivity index (χ3n) is 8.08. The Morgan fingerprint density at radius 2 is 1.08 bits per heavy atom. The van der Waals surface area contributed by atoms with Crippen LogP contribution in [0.25, 0.3) is 0 Å². The first kappa shape index (κ1) is 45.9. The van der Waals surface area contributed by atoms with E-state index in [2.05, 4.69) is 31.4 Å². The molecule has 0 unspecified atom stereocenters. The Labute approximate surface area is 291 Å². The van der Waals surface area contributed by atoms with E-state index in [0.29, 0.717) is 77.8 Å². The summed E-state index contributed by atoms with van der Waals surface area (Å²) in [4.78, 5) is 48.0. The second-order valence-corrected chi connectivity index (χ2v) is 14.0. The molecule has 11 heteroatoms. The van der Waals surface area contributed by atoms with Gasteiger partial charge in [-0.1, -0.05) is 85.0 Å². The van der Waals surface area contributed by atoms with Crippen molar-refractivity contribution in [1.29, 1.82) is 0 Å². The van der Waals surface area contributed by atoms with Crippen LogP contribution in [0, 0.1) is 5.41 Å². The Balaban J connectivity index is 3.65. The van der Waals surface area contributed by atoms with Crippen LogP contribution in [0.5, 0.6) is 0 Å². The number of ether oxygens (including phenoxy) is 3. The van der Waals surface area contributed by atoms with E-state index in [0.717, 1.165) is 57.8 Å². The van der Waals surface area contributed by atoms with Crippen molar-refractivity contribution >= 4 is 23.6 Å². The van der Waals surface area contributed by atoms with Crippen molar-refractivity contribution in [2.45, 2.75) is 155 Å². The number of carboxylic acid groups (broad SMARTS) is 1. The van der Waals surface area contributed by atoms with Crippen LogP contribution in [-0.2, 0) is 33.4 Å². The number of aliphatic carboxylic acids is 1. The highest BCUT2D eigenvalue weighted by Crippen LogP contribution is 2.21. The molecule has 0 aromatic carbocycles. The lowest BCUT2D eigenvalue weighted by Crippen LogP contribution is -2.41. The fraction of sp³-hybridized carbons (Fsp3) is 0.892. The van der Waals surface area contributed by atoms with Crippen molar-refractivity contribution in [3.8, 4) is 0 Å². The topological polar surface area (TPSA) is 166 Å². The average Bonchev–Trinajstić information content (AvgIpc) is 3.03. The minimum absolute atomic E-state index is 0.0259. The molecular formula is C37H71N3O8. The molecule has 0 aliphatic heterocycles. The zero-order valence-corrected chi connectivity index (χ0v) is 30.8. The lowest BCUT2D eigenvalue weighted by Gasteiger charge is -2.16. The molecule has 1 atom stereocenters. The van der Waals surface area contributed by atoms with Gasteiger partial charge in [0.1, 0.15) is 11.8 Å². The van der Waals surface area contributed by atoms with Crippen molar-refractivity contribution in [1.82, 2.24) is 10.6 Å². The second-order valence-electron chi connectivity index (χ2n) is 14.0. The maximum absolute atomic E-state index is 12.3. The molecule has 2 amide bonds. The number of ketones is 1. The minimum Gasteiger partial charge on any atom is -0.480 e. The van der Waals surface area contributed by atoms with E-state index in [4.69, 9.17) is 19.9 Å². The molecule has 0 bridgehead atoms. The quantitative estimate of drug-likeness (QED) is 0.0577. The molecule has 0 saturated carbocycles. The van der Waals surface area contributed by atoms with Gasteiger partial charge >= 0.3 is 5.97 Å². The van der Waals surface area contributed by atoms with Crippen LogP contribution in [0.4, 0.5) is 0 Å². The van der Waals surface area contributed by atoms with E-state index in [1.165, 1.54) is 38.5 Å². The van der Waals surface area contributed by atoms with E-state index < -0.39 is 12.0 Å². The summed E-state index contributed by atoms with van der Waals surface area (Å²) in [5, 5.41) is 14.8. The highest BCUT2D eigenvalue weighted by molar-refractivity contribution is 5.84. The zero-order valence-electron chi connectivity index (χ0n) is 30.8. The van der Waals surface area contributed by atoms with Gasteiger partial charge in [0.05, 0.1) is 26.4 Å². The Kier molecular flexibility index (Phi) is 30.8. The lowest BCUT2D eigenvalue weighted by molar-refractivity contribution is -0.142. The summed E-state index contributed by atoms with van der Waals surface area (Å²) in [5.74, 6) is -1.24. The molecule has 0 fully saturated rings. The van der Waals surface area contributed by atoms with Gasteiger partial charge in [0.15, 0.2) is 0 Å². The third kappa shape index (κ3) is 33.8. The number of nitrogens with one attached hydrogen (secondary N) is 2. The zero-order chi connectivity index (χ0) is 35.7. The monoisotopic (exact) mass is 686 g/mol. The number of carbonyl (C=O) groups is 4. The van der Waals surface area contributed by atoms with Gasteiger partial charge in [0.25, 0.3) is 0 Å². The first-order valence-corrected chi connectivity index (χ1v) is 18.8. The molecule has 11 nitrogen and oxygen atoms in total. The smallest absolute Gasteiger partial charge is 0.326 e. The fourth-order valence-corrected chi connectivity index (χ4v) is 5.03. The summed E-state index contributed by atoms with van der Waals surface area (Å²) in [5.41, 5.74) is 5.63. The molecule has 282 valence electrons. The summed E-state index contributed by atoms with van der Waals surface area (Å²) in [6.45, 7) is 10.7. The summed E-state index contributed by atoms with van der Waals surface area (Å²) >= 11 is 0. The molecule has 48 heavy (non-hydrogen) atoms. The number of nitrogens with two attached hydrogens (primary N) is 1. The molecule has 0 spiro atoms. The molecule has 0 aliphatic rings. The number of amides is 2. The first-order chi connectivity index (χ1) is 23.0. The number of hydrogen-bond acceptors (Lipinski definition) is 8. The van der Waals surface area contributed by atoms with Crippen molar-refractivity contribution in [2.75, 3.05) is 52.7 Å². The van der Waals surface area contributed by atoms with E-state index in [9.17, 15) is 24.3 Å². The van der Waals surface area contributed by atoms with Gasteiger partial charge in [-0.15, -0.1) is 0 Å². The fourth-order valence-electron chi connectivity index (χ4n) is 5.03. The number of carbonyl (C=O) groups excluding carboxylic acids is 3. The third-order valence-corrected chi connectivity index (χ3v) is 8.08. The summed E-state index contributed by atoms with van der Waals surface area (Å²) in [7, 11) is 0. The van der Waals surface area contributed by atoms with E-state index in [-0.39, 0.29) is 30.1 Å². The van der Waals surface area contributed by atoms with E-state index >= 15 is 0 Å². The van der Waals surface area contributed by atoms with Crippen molar-refractivity contribution < 1.29 is 38.5 Å². The summed E-state index contributed by atoms with van der Waals surface area (Å²) in [6.07, 6.45) is 17.8. The number of unbranched alkanes of at least 4 members (excludes halogenated alkanes) is 11.